The fourth-order valence-electron chi connectivity index (χ4n) is 2.95. The van der Waals surface area contributed by atoms with Crippen molar-refractivity contribution in [3.8, 4) is 17.6 Å². The van der Waals surface area contributed by atoms with Crippen molar-refractivity contribution in [3.63, 3.8) is 0 Å². The number of hydrogen-bond acceptors (Lipinski definition) is 3. The third-order valence-electron chi connectivity index (χ3n) is 4.67. The van der Waals surface area contributed by atoms with Gasteiger partial charge >= 0.3 is 0 Å². The highest BCUT2D eigenvalue weighted by molar-refractivity contribution is 5.94. The molecule has 4 heteroatoms. The van der Waals surface area contributed by atoms with E-state index in [1.807, 2.05) is 42.5 Å². The summed E-state index contributed by atoms with van der Waals surface area (Å²) in [4.78, 5) is 12.1. The zero-order valence-corrected chi connectivity index (χ0v) is 17.9. The minimum absolute atomic E-state index is 0.276. The molecule has 0 spiro atoms. The molecule has 0 bridgehead atoms. The summed E-state index contributed by atoms with van der Waals surface area (Å²) in [5.74, 6) is 6.24. The van der Waals surface area contributed by atoms with Gasteiger partial charge in [-0.15, -0.1) is 0 Å². The average Bonchev–Trinajstić information content (AvgIpc) is 2.79. The van der Waals surface area contributed by atoms with Gasteiger partial charge < -0.3 is 4.74 Å². The van der Waals surface area contributed by atoms with E-state index in [2.05, 4.69) is 29.3 Å². The van der Waals surface area contributed by atoms with Gasteiger partial charge in [0.05, 0.1) is 12.8 Å². The Balaban J connectivity index is 1.62. The number of unbranched alkanes of at least 4 members (excludes halogenated alkanes) is 7. The number of ether oxygens (including phenoxy) is 1. The molecule has 30 heavy (non-hydrogen) atoms. The van der Waals surface area contributed by atoms with Gasteiger partial charge in [-0.3, -0.25) is 4.79 Å². The molecule has 0 aliphatic heterocycles. The molecule has 2 aromatic rings. The van der Waals surface area contributed by atoms with Gasteiger partial charge in [-0.25, -0.2) is 5.43 Å². The van der Waals surface area contributed by atoms with Crippen LogP contribution in [0, 0.1) is 11.8 Å². The summed E-state index contributed by atoms with van der Waals surface area (Å²) in [6, 6.07) is 16.7. The first-order valence-corrected chi connectivity index (χ1v) is 10.9. The summed E-state index contributed by atoms with van der Waals surface area (Å²) in [6.45, 7) is 2.96. The molecule has 0 fully saturated rings. The van der Waals surface area contributed by atoms with E-state index < -0.39 is 0 Å². The van der Waals surface area contributed by atoms with Crippen LogP contribution in [0.2, 0.25) is 0 Å². The van der Waals surface area contributed by atoms with Gasteiger partial charge in [0.1, 0.15) is 5.75 Å². The minimum Gasteiger partial charge on any atom is -0.494 e. The van der Waals surface area contributed by atoms with Gasteiger partial charge in [-0.05, 0) is 48.7 Å². The van der Waals surface area contributed by atoms with Gasteiger partial charge in [0, 0.05) is 11.1 Å². The molecule has 4 nitrogen and oxygen atoms in total. The predicted molar refractivity (Wildman–Crippen MR) is 124 cm³/mol. The smallest absolute Gasteiger partial charge is 0.271 e. The minimum atomic E-state index is -0.276. The van der Waals surface area contributed by atoms with Crippen LogP contribution >= 0.6 is 0 Å². The second-order valence-electron chi connectivity index (χ2n) is 7.18. The van der Waals surface area contributed by atoms with Crippen LogP contribution < -0.4 is 10.2 Å². The van der Waals surface area contributed by atoms with Crippen LogP contribution in [0.3, 0.4) is 0 Å². The summed E-state index contributed by atoms with van der Waals surface area (Å²) in [5, 5.41) is 3.86. The maximum Gasteiger partial charge on any atom is 0.271 e. The lowest BCUT2D eigenvalue weighted by molar-refractivity contribution is 0.0955. The van der Waals surface area contributed by atoms with Gasteiger partial charge in [-0.1, -0.05) is 76.0 Å². The molecule has 0 saturated carbocycles. The standard InChI is InChI=1S/C26H32N2O2/c1-2-3-4-5-6-7-8-12-22-30-25-19-17-24(18-20-25)26(29)28-27-21-13-16-23-14-10-9-11-15-23/h9-11,14-15,17-21H,2-8,12,22H2,1H3,(H,28,29)/b27-21+. The van der Waals surface area contributed by atoms with E-state index in [0.717, 1.165) is 17.7 Å². The van der Waals surface area contributed by atoms with Crippen LogP contribution in [0.4, 0.5) is 0 Å². The molecule has 0 heterocycles. The number of carbonyl (C=O) groups is 1. The molecule has 0 aromatic heterocycles. The molecule has 0 aliphatic rings. The van der Waals surface area contributed by atoms with Gasteiger partial charge in [0.2, 0.25) is 0 Å². The number of hydrazone groups is 1. The van der Waals surface area contributed by atoms with Crippen LogP contribution in [0.15, 0.2) is 59.7 Å². The SMILES string of the molecule is CCCCCCCCCCOc1ccc(C(=O)N/N=C/C#Cc2ccccc2)cc1. The number of carbonyl (C=O) groups excluding carboxylic acids is 1. The highest BCUT2D eigenvalue weighted by Gasteiger charge is 2.04. The molecule has 2 rings (SSSR count). The highest BCUT2D eigenvalue weighted by Crippen LogP contribution is 2.14. The Morgan fingerprint density at radius 1 is 0.933 bits per heavy atom. The first-order valence-electron chi connectivity index (χ1n) is 10.9. The van der Waals surface area contributed by atoms with Crippen LogP contribution in [-0.2, 0) is 0 Å². The van der Waals surface area contributed by atoms with Gasteiger partial charge in [-0.2, -0.15) is 5.10 Å². The van der Waals surface area contributed by atoms with Crippen molar-refractivity contribution in [2.24, 2.45) is 5.10 Å². The van der Waals surface area contributed by atoms with Crippen LogP contribution in [0.1, 0.15) is 74.2 Å². The average molecular weight is 405 g/mol. The number of nitrogens with one attached hydrogen (secondary N) is 1. The maximum absolute atomic E-state index is 12.1. The van der Waals surface area contributed by atoms with Crippen molar-refractivity contribution in [1.29, 1.82) is 0 Å². The van der Waals surface area contributed by atoms with Crippen molar-refractivity contribution in [2.45, 2.75) is 58.3 Å². The van der Waals surface area contributed by atoms with Crippen molar-refractivity contribution in [3.05, 3.63) is 65.7 Å². The number of rotatable bonds is 12. The summed E-state index contributed by atoms with van der Waals surface area (Å²) in [6.07, 6.45) is 11.6. The quantitative estimate of drug-likeness (QED) is 0.205. The Labute approximate surface area is 180 Å². The van der Waals surface area contributed by atoms with E-state index >= 15 is 0 Å². The molecular formula is C26H32N2O2. The Bertz CT molecular complexity index is 818. The van der Waals surface area contributed by atoms with E-state index in [1.165, 1.54) is 51.2 Å². The van der Waals surface area contributed by atoms with Crippen LogP contribution in [0.25, 0.3) is 0 Å². The second kappa shape index (κ2) is 14.9. The van der Waals surface area contributed by atoms with Crippen LogP contribution in [0.5, 0.6) is 5.75 Å². The molecular weight excluding hydrogens is 372 g/mol. The second-order valence-corrected chi connectivity index (χ2v) is 7.18. The first kappa shape index (κ1) is 23.2. The number of amides is 1. The van der Waals surface area contributed by atoms with Gasteiger partial charge in [0.15, 0.2) is 0 Å². The maximum atomic E-state index is 12.1. The van der Waals surface area contributed by atoms with Crippen molar-refractivity contribution >= 4 is 12.1 Å². The normalized spacial score (nSPS) is 10.4. The van der Waals surface area contributed by atoms with Crippen molar-refractivity contribution in [2.75, 3.05) is 6.61 Å². The molecule has 1 N–H and O–H groups in total. The molecule has 0 saturated heterocycles. The lowest BCUT2D eigenvalue weighted by Gasteiger charge is -2.07. The van der Waals surface area contributed by atoms with Crippen molar-refractivity contribution < 1.29 is 9.53 Å². The van der Waals surface area contributed by atoms with Crippen molar-refractivity contribution in [1.82, 2.24) is 5.43 Å². The molecule has 1 amide bonds. The Morgan fingerprint density at radius 2 is 1.60 bits per heavy atom. The fraction of sp³-hybridized carbons (Fsp3) is 0.385. The lowest BCUT2D eigenvalue weighted by atomic mass is 10.1. The largest absolute Gasteiger partial charge is 0.494 e. The third-order valence-corrected chi connectivity index (χ3v) is 4.67. The zero-order valence-electron chi connectivity index (χ0n) is 17.9. The molecule has 158 valence electrons. The van der Waals surface area contributed by atoms with E-state index in [0.29, 0.717) is 12.2 Å². The van der Waals surface area contributed by atoms with E-state index in [1.54, 1.807) is 12.1 Å². The third kappa shape index (κ3) is 9.93. The molecule has 0 radical (unpaired) electrons. The monoisotopic (exact) mass is 404 g/mol. The van der Waals surface area contributed by atoms with Crippen LogP contribution in [-0.4, -0.2) is 18.7 Å². The predicted octanol–water partition coefficient (Wildman–Crippen LogP) is 5.97. The molecule has 0 unspecified atom stereocenters. The van der Waals surface area contributed by atoms with E-state index in [4.69, 9.17) is 4.74 Å². The number of benzene rings is 2. The Morgan fingerprint density at radius 3 is 2.30 bits per heavy atom. The fourth-order valence-corrected chi connectivity index (χ4v) is 2.95. The summed E-state index contributed by atoms with van der Waals surface area (Å²) < 4.78 is 5.76. The Hall–Kier alpha value is -3.06. The van der Waals surface area contributed by atoms with E-state index in [-0.39, 0.29) is 5.91 Å². The summed E-state index contributed by atoms with van der Waals surface area (Å²) in [7, 11) is 0. The molecule has 0 aliphatic carbocycles. The van der Waals surface area contributed by atoms with E-state index in [9.17, 15) is 4.79 Å². The summed E-state index contributed by atoms with van der Waals surface area (Å²) >= 11 is 0. The molecule has 0 atom stereocenters. The first-order chi connectivity index (χ1) is 14.8. The highest BCUT2D eigenvalue weighted by atomic mass is 16.5. The topological polar surface area (TPSA) is 50.7 Å². The lowest BCUT2D eigenvalue weighted by Crippen LogP contribution is -2.17. The number of hydrogen-bond donors (Lipinski definition) is 1. The number of nitrogens with zero attached hydrogens (tertiary/aromatic N) is 1. The molecule has 2 aromatic carbocycles. The summed E-state index contributed by atoms with van der Waals surface area (Å²) in [5.41, 5.74) is 3.91. The zero-order chi connectivity index (χ0) is 21.3. The van der Waals surface area contributed by atoms with Gasteiger partial charge in [0.25, 0.3) is 5.91 Å². The Kier molecular flexibility index (Phi) is 11.5.